The number of hydrogen-bond donors (Lipinski definition) is 1. The van der Waals surface area contributed by atoms with Crippen LogP contribution >= 0.6 is 0 Å². The van der Waals surface area contributed by atoms with Crippen molar-refractivity contribution in [2.75, 3.05) is 18.9 Å². The van der Waals surface area contributed by atoms with Crippen LogP contribution in [0.1, 0.15) is 30.0 Å². The summed E-state index contributed by atoms with van der Waals surface area (Å²) in [5.74, 6) is 0.195. The normalized spacial score (nSPS) is 18.3. The van der Waals surface area contributed by atoms with E-state index in [9.17, 15) is 13.2 Å². The molecule has 1 fully saturated rings. The summed E-state index contributed by atoms with van der Waals surface area (Å²) in [6, 6.07) is 1.38. The van der Waals surface area contributed by atoms with Crippen molar-refractivity contribution in [3.05, 3.63) is 23.5 Å². The van der Waals surface area contributed by atoms with Crippen LogP contribution in [0.2, 0.25) is 0 Å². The lowest BCUT2D eigenvalue weighted by Gasteiger charge is -2.22. The van der Waals surface area contributed by atoms with Crippen molar-refractivity contribution in [2.45, 2.75) is 24.9 Å². The van der Waals surface area contributed by atoms with Gasteiger partial charge in [0.1, 0.15) is 0 Å². The third-order valence-electron chi connectivity index (χ3n) is 2.90. The number of nitrogens with zero attached hydrogens (tertiary/aromatic N) is 1. The highest BCUT2D eigenvalue weighted by atomic mass is 19.4. The van der Waals surface area contributed by atoms with Crippen LogP contribution in [0, 0.1) is 0 Å². The van der Waals surface area contributed by atoms with Crippen molar-refractivity contribution in [2.24, 2.45) is 0 Å². The quantitative estimate of drug-likeness (QED) is 0.828. The molecule has 6 heteroatoms. The van der Waals surface area contributed by atoms with Crippen molar-refractivity contribution in [1.82, 2.24) is 4.98 Å². The number of anilines is 1. The molecule has 2 rings (SSSR count). The Morgan fingerprint density at radius 2 is 1.94 bits per heavy atom. The molecule has 0 unspecified atom stereocenters. The number of nitrogen functional groups attached to an aromatic ring is 1. The molecule has 0 radical (unpaired) electrons. The molecular weight excluding hydrogens is 233 g/mol. The van der Waals surface area contributed by atoms with Gasteiger partial charge >= 0.3 is 6.18 Å². The van der Waals surface area contributed by atoms with Crippen molar-refractivity contribution >= 4 is 5.69 Å². The molecule has 0 amide bonds. The zero-order chi connectivity index (χ0) is 12.5. The predicted molar refractivity (Wildman–Crippen MR) is 56.4 cm³/mol. The summed E-state index contributed by atoms with van der Waals surface area (Å²) in [7, 11) is 0. The zero-order valence-corrected chi connectivity index (χ0v) is 9.13. The minimum atomic E-state index is -4.49. The van der Waals surface area contributed by atoms with Crippen LogP contribution in [0.3, 0.4) is 0 Å². The Hall–Kier alpha value is -1.30. The highest BCUT2D eigenvalue weighted by Crippen LogP contribution is 2.34. The molecule has 1 aromatic rings. The van der Waals surface area contributed by atoms with E-state index in [0.717, 1.165) is 18.4 Å². The molecule has 2 heterocycles. The topological polar surface area (TPSA) is 48.1 Å². The number of hydrogen-bond acceptors (Lipinski definition) is 3. The van der Waals surface area contributed by atoms with Gasteiger partial charge in [-0.15, -0.1) is 0 Å². The SMILES string of the molecule is Nc1cc(C2CCOCC2)cnc1C(F)(F)F. The van der Waals surface area contributed by atoms with Crippen LogP contribution in [0.4, 0.5) is 18.9 Å². The molecule has 1 saturated heterocycles. The van der Waals surface area contributed by atoms with Crippen LogP contribution in [0.5, 0.6) is 0 Å². The molecule has 17 heavy (non-hydrogen) atoms. The minimum absolute atomic E-state index is 0.195. The number of ether oxygens (including phenoxy) is 1. The average molecular weight is 246 g/mol. The van der Waals surface area contributed by atoms with Crippen LogP contribution in [0.15, 0.2) is 12.3 Å². The van der Waals surface area contributed by atoms with Gasteiger partial charge in [0.05, 0.1) is 5.69 Å². The van der Waals surface area contributed by atoms with Gasteiger partial charge in [-0.3, -0.25) is 0 Å². The Balaban J connectivity index is 2.24. The number of nitrogens with two attached hydrogens (primary N) is 1. The summed E-state index contributed by atoms with van der Waals surface area (Å²) >= 11 is 0. The number of alkyl halides is 3. The van der Waals surface area contributed by atoms with Gasteiger partial charge in [0.2, 0.25) is 0 Å². The zero-order valence-electron chi connectivity index (χ0n) is 9.13. The number of aromatic nitrogens is 1. The summed E-state index contributed by atoms with van der Waals surface area (Å²) in [5, 5.41) is 0. The molecule has 3 nitrogen and oxygen atoms in total. The fraction of sp³-hybridized carbons (Fsp3) is 0.545. The van der Waals surface area contributed by atoms with E-state index in [0.29, 0.717) is 13.2 Å². The molecule has 0 aliphatic carbocycles. The first-order valence-corrected chi connectivity index (χ1v) is 5.39. The molecule has 0 atom stereocenters. The lowest BCUT2D eigenvalue weighted by atomic mass is 9.92. The van der Waals surface area contributed by atoms with E-state index >= 15 is 0 Å². The second-order valence-electron chi connectivity index (χ2n) is 4.09. The first kappa shape index (κ1) is 12.2. The minimum Gasteiger partial charge on any atom is -0.397 e. The molecule has 0 bridgehead atoms. The summed E-state index contributed by atoms with van der Waals surface area (Å²) in [5.41, 5.74) is 4.85. The Bertz CT molecular complexity index is 400. The van der Waals surface area contributed by atoms with E-state index in [1.165, 1.54) is 12.3 Å². The van der Waals surface area contributed by atoms with Crippen LogP contribution in [0.25, 0.3) is 0 Å². The second kappa shape index (κ2) is 4.52. The third kappa shape index (κ3) is 2.69. The smallest absolute Gasteiger partial charge is 0.397 e. The Labute approximate surface area is 96.8 Å². The Kier molecular flexibility index (Phi) is 3.24. The van der Waals surface area contributed by atoms with E-state index in [2.05, 4.69) is 4.98 Å². The van der Waals surface area contributed by atoms with Crippen molar-refractivity contribution in [3.63, 3.8) is 0 Å². The van der Waals surface area contributed by atoms with E-state index in [1.807, 2.05) is 0 Å². The van der Waals surface area contributed by atoms with E-state index < -0.39 is 11.9 Å². The molecule has 0 saturated carbocycles. The highest BCUT2D eigenvalue weighted by molar-refractivity contribution is 5.47. The van der Waals surface area contributed by atoms with Crippen LogP contribution < -0.4 is 5.73 Å². The molecule has 1 aliphatic heterocycles. The van der Waals surface area contributed by atoms with Crippen LogP contribution in [-0.2, 0) is 10.9 Å². The van der Waals surface area contributed by atoms with Gasteiger partial charge in [-0.25, -0.2) is 4.98 Å². The number of pyridine rings is 1. The standard InChI is InChI=1S/C11H13F3N2O/c12-11(13,14)10-9(15)5-8(6-16-10)7-1-3-17-4-2-7/h5-7H,1-4,15H2. The van der Waals surface area contributed by atoms with Crippen molar-refractivity contribution < 1.29 is 17.9 Å². The van der Waals surface area contributed by atoms with Crippen molar-refractivity contribution in [1.29, 1.82) is 0 Å². The molecule has 94 valence electrons. The average Bonchev–Trinajstić information content (AvgIpc) is 2.28. The highest BCUT2D eigenvalue weighted by Gasteiger charge is 2.35. The first-order chi connectivity index (χ1) is 7.98. The molecular formula is C11H13F3N2O. The molecule has 1 aliphatic rings. The summed E-state index contributed by atoms with van der Waals surface area (Å²) in [4.78, 5) is 3.43. The summed E-state index contributed by atoms with van der Waals surface area (Å²) in [6.07, 6.45) is -1.62. The van der Waals surface area contributed by atoms with Gasteiger partial charge in [-0.1, -0.05) is 0 Å². The largest absolute Gasteiger partial charge is 0.435 e. The van der Waals surface area contributed by atoms with Gasteiger partial charge in [0.15, 0.2) is 5.69 Å². The molecule has 0 aromatic carbocycles. The second-order valence-corrected chi connectivity index (χ2v) is 4.09. The third-order valence-corrected chi connectivity index (χ3v) is 2.90. The van der Waals surface area contributed by atoms with Gasteiger partial charge in [0.25, 0.3) is 0 Å². The number of halogens is 3. The monoisotopic (exact) mass is 246 g/mol. The van der Waals surface area contributed by atoms with Crippen molar-refractivity contribution in [3.8, 4) is 0 Å². The Morgan fingerprint density at radius 3 is 2.47 bits per heavy atom. The maximum Gasteiger partial charge on any atom is 0.435 e. The van der Waals surface area contributed by atoms with Gasteiger partial charge in [-0.05, 0) is 30.4 Å². The van der Waals surface area contributed by atoms with Gasteiger partial charge in [0, 0.05) is 19.4 Å². The van der Waals surface area contributed by atoms with Gasteiger partial charge < -0.3 is 10.5 Å². The maximum atomic E-state index is 12.5. The van der Waals surface area contributed by atoms with E-state index in [1.54, 1.807) is 0 Å². The molecule has 2 N–H and O–H groups in total. The fourth-order valence-corrected chi connectivity index (χ4v) is 1.99. The number of rotatable bonds is 1. The first-order valence-electron chi connectivity index (χ1n) is 5.39. The lowest BCUT2D eigenvalue weighted by molar-refractivity contribution is -0.140. The van der Waals surface area contributed by atoms with E-state index in [4.69, 9.17) is 10.5 Å². The summed E-state index contributed by atoms with van der Waals surface area (Å²) in [6.45, 7) is 1.26. The molecule has 1 aromatic heterocycles. The van der Waals surface area contributed by atoms with Crippen LogP contribution in [-0.4, -0.2) is 18.2 Å². The predicted octanol–water partition coefficient (Wildman–Crippen LogP) is 2.58. The van der Waals surface area contributed by atoms with E-state index in [-0.39, 0.29) is 11.6 Å². The maximum absolute atomic E-state index is 12.5. The Morgan fingerprint density at radius 1 is 1.29 bits per heavy atom. The fourth-order valence-electron chi connectivity index (χ4n) is 1.99. The summed E-state index contributed by atoms with van der Waals surface area (Å²) < 4.78 is 42.6. The van der Waals surface area contributed by atoms with Gasteiger partial charge in [-0.2, -0.15) is 13.2 Å². The molecule has 0 spiro atoms. The lowest BCUT2D eigenvalue weighted by Crippen LogP contribution is -2.16.